The molecule has 0 saturated carbocycles. The number of anilines is 2. The minimum absolute atomic E-state index is 0.0658. The molecule has 23 heavy (non-hydrogen) atoms. The van der Waals surface area contributed by atoms with E-state index in [-0.39, 0.29) is 11.8 Å². The molecule has 2 amide bonds. The Bertz CT molecular complexity index is 667. The summed E-state index contributed by atoms with van der Waals surface area (Å²) < 4.78 is 5.56. The van der Waals surface area contributed by atoms with Crippen LogP contribution in [-0.2, 0) is 9.59 Å². The van der Waals surface area contributed by atoms with Crippen LogP contribution in [0.1, 0.15) is 24.6 Å². The molecule has 0 atom stereocenters. The Morgan fingerprint density at radius 2 is 1.96 bits per heavy atom. The van der Waals surface area contributed by atoms with Gasteiger partial charge < -0.3 is 15.4 Å². The summed E-state index contributed by atoms with van der Waals surface area (Å²) in [7, 11) is 0. The van der Waals surface area contributed by atoms with Crippen LogP contribution in [0.3, 0.4) is 0 Å². The number of ether oxygens (including phenoxy) is 1. The van der Waals surface area contributed by atoms with E-state index in [0.717, 1.165) is 10.6 Å². The average molecular weight is 333 g/mol. The number of hydrogen-bond donors (Lipinski definition) is 2. The molecule has 7 heteroatoms. The highest BCUT2D eigenvalue weighted by Crippen LogP contribution is 2.17. The van der Waals surface area contributed by atoms with Gasteiger partial charge in [-0.3, -0.25) is 9.59 Å². The van der Waals surface area contributed by atoms with Gasteiger partial charge in [0, 0.05) is 30.1 Å². The molecule has 0 saturated heterocycles. The van der Waals surface area contributed by atoms with Crippen molar-refractivity contribution >= 4 is 34.0 Å². The maximum absolute atomic E-state index is 11.7. The Balaban J connectivity index is 1.66. The van der Waals surface area contributed by atoms with Crippen molar-refractivity contribution in [1.82, 2.24) is 4.98 Å². The van der Waals surface area contributed by atoms with Gasteiger partial charge in [-0.25, -0.2) is 4.98 Å². The second-order valence-electron chi connectivity index (χ2n) is 4.98. The number of rotatable bonds is 7. The molecule has 0 unspecified atom stereocenters. The third kappa shape index (κ3) is 6.07. The van der Waals surface area contributed by atoms with E-state index in [1.54, 1.807) is 30.5 Å². The van der Waals surface area contributed by atoms with Gasteiger partial charge in [-0.05, 0) is 37.6 Å². The van der Waals surface area contributed by atoms with Crippen molar-refractivity contribution in [3.05, 3.63) is 35.3 Å². The monoisotopic (exact) mass is 333 g/mol. The number of benzene rings is 1. The zero-order valence-corrected chi connectivity index (χ0v) is 13.9. The first kappa shape index (κ1) is 17.0. The average Bonchev–Trinajstić information content (AvgIpc) is 2.90. The van der Waals surface area contributed by atoms with E-state index in [9.17, 15) is 9.59 Å². The normalized spacial score (nSPS) is 10.2. The lowest BCUT2D eigenvalue weighted by molar-refractivity contribution is -0.116. The molecule has 0 aliphatic heterocycles. The van der Waals surface area contributed by atoms with Crippen LogP contribution in [0.25, 0.3) is 0 Å². The first-order chi connectivity index (χ1) is 11.0. The maximum Gasteiger partial charge on any atom is 0.226 e. The summed E-state index contributed by atoms with van der Waals surface area (Å²) in [4.78, 5) is 27.8. The second-order valence-corrected chi connectivity index (χ2v) is 6.22. The van der Waals surface area contributed by atoms with Crippen LogP contribution in [0.15, 0.2) is 30.5 Å². The number of thiazole rings is 1. The van der Waals surface area contributed by atoms with Crippen molar-refractivity contribution in [1.29, 1.82) is 0 Å². The van der Waals surface area contributed by atoms with Crippen LogP contribution in [0, 0.1) is 6.92 Å². The molecule has 1 heterocycles. The van der Waals surface area contributed by atoms with Gasteiger partial charge in [-0.1, -0.05) is 0 Å². The largest absolute Gasteiger partial charge is 0.494 e. The smallest absolute Gasteiger partial charge is 0.226 e. The molecule has 2 aromatic rings. The number of nitrogens with zero attached hydrogens (tertiary/aromatic N) is 1. The van der Waals surface area contributed by atoms with Crippen molar-refractivity contribution in [2.75, 3.05) is 17.2 Å². The van der Waals surface area contributed by atoms with Crippen LogP contribution in [0.5, 0.6) is 5.75 Å². The molecular formula is C16H19N3O3S. The summed E-state index contributed by atoms with van der Waals surface area (Å²) in [6.07, 6.45) is 2.72. The number of aromatic nitrogens is 1. The number of hydrogen-bond acceptors (Lipinski definition) is 5. The fourth-order valence-electron chi connectivity index (χ4n) is 1.85. The second kappa shape index (κ2) is 8.28. The van der Waals surface area contributed by atoms with Crippen molar-refractivity contribution in [3.63, 3.8) is 0 Å². The van der Waals surface area contributed by atoms with Gasteiger partial charge in [-0.15, -0.1) is 11.3 Å². The topological polar surface area (TPSA) is 80.3 Å². The number of carbonyl (C=O) groups excluding carboxylic acids is 2. The van der Waals surface area contributed by atoms with Crippen LogP contribution in [0.2, 0.25) is 0 Å². The van der Waals surface area contributed by atoms with Crippen LogP contribution >= 0.6 is 11.3 Å². The summed E-state index contributed by atoms with van der Waals surface area (Å²) in [6, 6.07) is 7.11. The quantitative estimate of drug-likeness (QED) is 0.763. The third-order valence-corrected chi connectivity index (χ3v) is 3.69. The zero-order valence-electron chi connectivity index (χ0n) is 13.1. The van der Waals surface area contributed by atoms with Gasteiger partial charge in [-0.2, -0.15) is 0 Å². The van der Waals surface area contributed by atoms with Crippen molar-refractivity contribution in [2.24, 2.45) is 0 Å². The first-order valence-corrected chi connectivity index (χ1v) is 8.07. The van der Waals surface area contributed by atoms with E-state index in [4.69, 9.17) is 4.74 Å². The molecular weight excluding hydrogens is 314 g/mol. The molecule has 1 aromatic heterocycles. The molecule has 0 aliphatic rings. The zero-order chi connectivity index (χ0) is 16.7. The van der Waals surface area contributed by atoms with Crippen LogP contribution in [0.4, 0.5) is 10.8 Å². The molecule has 2 rings (SSSR count). The third-order valence-electron chi connectivity index (χ3n) is 2.86. The van der Waals surface area contributed by atoms with E-state index in [2.05, 4.69) is 15.6 Å². The molecule has 0 fully saturated rings. The highest BCUT2D eigenvalue weighted by molar-refractivity contribution is 7.15. The lowest BCUT2D eigenvalue weighted by Crippen LogP contribution is -2.12. The molecule has 0 bridgehead atoms. The van der Waals surface area contributed by atoms with E-state index in [0.29, 0.717) is 30.3 Å². The Kier molecular flexibility index (Phi) is 6.10. The Morgan fingerprint density at radius 3 is 2.57 bits per heavy atom. The maximum atomic E-state index is 11.7. The Hall–Kier alpha value is -2.41. The fraction of sp³-hybridized carbons (Fsp3) is 0.312. The number of nitrogens with one attached hydrogen (secondary N) is 2. The molecule has 2 N–H and O–H groups in total. The molecule has 0 spiro atoms. The number of carbonyl (C=O) groups is 2. The predicted octanol–water partition coefficient (Wildman–Crippen LogP) is 3.21. The Morgan fingerprint density at radius 1 is 1.22 bits per heavy atom. The van der Waals surface area contributed by atoms with Gasteiger partial charge in [0.1, 0.15) is 5.75 Å². The minimum Gasteiger partial charge on any atom is -0.494 e. The van der Waals surface area contributed by atoms with Gasteiger partial charge >= 0.3 is 0 Å². The SMILES string of the molecule is CC(=O)Nc1ccc(OCCCC(=O)Nc2ncc(C)s2)cc1. The van der Waals surface area contributed by atoms with Gasteiger partial charge in [0.2, 0.25) is 11.8 Å². The lowest BCUT2D eigenvalue weighted by Gasteiger charge is -2.07. The minimum atomic E-state index is -0.111. The number of amides is 2. The molecule has 0 aliphatic carbocycles. The standard InChI is InChI=1S/C16H19N3O3S/c1-11-10-17-16(23-11)19-15(21)4-3-9-22-14-7-5-13(6-8-14)18-12(2)20/h5-8,10H,3-4,9H2,1-2H3,(H,18,20)(H,17,19,21). The van der Waals surface area contributed by atoms with E-state index in [1.165, 1.54) is 18.3 Å². The summed E-state index contributed by atoms with van der Waals surface area (Å²) in [5.74, 6) is 0.527. The van der Waals surface area contributed by atoms with Crippen molar-refractivity contribution in [3.8, 4) is 5.75 Å². The van der Waals surface area contributed by atoms with E-state index >= 15 is 0 Å². The summed E-state index contributed by atoms with van der Waals surface area (Å²) in [5.41, 5.74) is 0.725. The summed E-state index contributed by atoms with van der Waals surface area (Å²) in [5, 5.41) is 6.07. The van der Waals surface area contributed by atoms with Crippen molar-refractivity contribution in [2.45, 2.75) is 26.7 Å². The lowest BCUT2D eigenvalue weighted by atomic mass is 10.3. The first-order valence-electron chi connectivity index (χ1n) is 7.25. The Labute approximate surface area is 138 Å². The van der Waals surface area contributed by atoms with Crippen LogP contribution in [-0.4, -0.2) is 23.4 Å². The molecule has 1 aromatic carbocycles. The molecule has 0 radical (unpaired) electrons. The molecule has 6 nitrogen and oxygen atoms in total. The highest BCUT2D eigenvalue weighted by Gasteiger charge is 2.05. The van der Waals surface area contributed by atoms with E-state index in [1.807, 2.05) is 6.92 Å². The van der Waals surface area contributed by atoms with Gasteiger partial charge in [0.15, 0.2) is 5.13 Å². The predicted molar refractivity (Wildman–Crippen MR) is 91.0 cm³/mol. The van der Waals surface area contributed by atoms with E-state index < -0.39 is 0 Å². The highest BCUT2D eigenvalue weighted by atomic mass is 32.1. The van der Waals surface area contributed by atoms with Crippen molar-refractivity contribution < 1.29 is 14.3 Å². The summed E-state index contributed by atoms with van der Waals surface area (Å²) >= 11 is 1.45. The van der Waals surface area contributed by atoms with Gasteiger partial charge in [0.25, 0.3) is 0 Å². The fourth-order valence-corrected chi connectivity index (χ4v) is 2.54. The number of aryl methyl sites for hydroxylation is 1. The van der Waals surface area contributed by atoms with Crippen LogP contribution < -0.4 is 15.4 Å². The summed E-state index contributed by atoms with van der Waals surface area (Å²) in [6.45, 7) is 3.85. The van der Waals surface area contributed by atoms with Gasteiger partial charge in [0.05, 0.1) is 6.61 Å². The molecule has 122 valence electrons.